The van der Waals surface area contributed by atoms with Crippen molar-refractivity contribution in [1.82, 2.24) is 24.6 Å². The van der Waals surface area contributed by atoms with Gasteiger partial charge in [0.05, 0.1) is 11.9 Å². The van der Waals surface area contributed by atoms with Gasteiger partial charge in [-0.2, -0.15) is 19.7 Å². The molecule has 0 radical (unpaired) electrons. The van der Waals surface area contributed by atoms with Crippen LogP contribution in [0.25, 0.3) is 0 Å². The van der Waals surface area contributed by atoms with Gasteiger partial charge < -0.3 is 4.90 Å². The van der Waals surface area contributed by atoms with Gasteiger partial charge in [0.1, 0.15) is 0 Å². The summed E-state index contributed by atoms with van der Waals surface area (Å²) in [4.78, 5) is 13.6. The van der Waals surface area contributed by atoms with Crippen LogP contribution in [-0.4, -0.2) is 70.9 Å². The van der Waals surface area contributed by atoms with Gasteiger partial charge in [-0.1, -0.05) is 6.92 Å². The van der Waals surface area contributed by atoms with E-state index in [1.165, 1.54) is 10.5 Å². The summed E-state index contributed by atoms with van der Waals surface area (Å²) >= 11 is 0. The van der Waals surface area contributed by atoms with Crippen LogP contribution in [0.2, 0.25) is 0 Å². The molecule has 0 saturated carbocycles. The van der Waals surface area contributed by atoms with Crippen molar-refractivity contribution in [3.05, 3.63) is 11.9 Å². The Balaban J connectivity index is 1.94. The maximum absolute atomic E-state index is 12.0. The molecule has 0 spiro atoms. The Hall–Kier alpha value is -1.48. The lowest BCUT2D eigenvalue weighted by atomic mass is 10.3. The number of piperazine rings is 1. The summed E-state index contributed by atoms with van der Waals surface area (Å²) in [5.74, 6) is -0.0641. The Morgan fingerprint density at radius 1 is 1.37 bits per heavy atom. The smallest absolute Gasteiger partial charge is 0.276 e. The second-order valence-electron chi connectivity index (χ2n) is 4.36. The highest BCUT2D eigenvalue weighted by molar-refractivity contribution is 7.89. The molecule has 0 aromatic carbocycles. The summed E-state index contributed by atoms with van der Waals surface area (Å²) in [6.45, 7) is 3.28. The van der Waals surface area contributed by atoms with Gasteiger partial charge in [0.15, 0.2) is 5.69 Å². The number of rotatable bonds is 4. The van der Waals surface area contributed by atoms with E-state index >= 15 is 0 Å². The van der Waals surface area contributed by atoms with E-state index in [9.17, 15) is 13.2 Å². The van der Waals surface area contributed by atoms with E-state index in [1.54, 1.807) is 4.90 Å². The van der Waals surface area contributed by atoms with Crippen molar-refractivity contribution in [2.75, 3.05) is 31.9 Å². The topological polar surface area (TPSA) is 99.3 Å². The maximum atomic E-state index is 12.0. The first-order valence-corrected chi connectivity index (χ1v) is 7.78. The molecule has 1 aliphatic heterocycles. The molecule has 1 saturated heterocycles. The molecule has 1 N–H and O–H groups in total. The number of carbonyl (C=O) groups excluding carboxylic acids is 1. The first-order valence-electron chi connectivity index (χ1n) is 6.17. The first kappa shape index (κ1) is 13.9. The molecule has 2 rings (SSSR count). The third-order valence-electron chi connectivity index (χ3n) is 3.02. The Labute approximate surface area is 111 Å². The van der Waals surface area contributed by atoms with Crippen LogP contribution in [-0.2, 0) is 10.0 Å². The zero-order chi connectivity index (χ0) is 13.9. The normalized spacial score (nSPS) is 17.6. The number of nitrogens with zero attached hydrogens (tertiary/aromatic N) is 4. The summed E-state index contributed by atoms with van der Waals surface area (Å²) in [5, 5.41) is 9.70. The Morgan fingerprint density at radius 2 is 2.05 bits per heavy atom. The van der Waals surface area contributed by atoms with E-state index in [0.717, 1.165) is 0 Å². The summed E-state index contributed by atoms with van der Waals surface area (Å²) in [6.07, 6.45) is 1.96. The Bertz CT molecular complexity index is 519. The van der Waals surface area contributed by atoms with Crippen LogP contribution in [0.1, 0.15) is 23.8 Å². The fourth-order valence-corrected chi connectivity index (χ4v) is 3.52. The van der Waals surface area contributed by atoms with Gasteiger partial charge in [-0.15, -0.1) is 0 Å². The number of aromatic nitrogens is 3. The van der Waals surface area contributed by atoms with E-state index in [2.05, 4.69) is 15.4 Å². The van der Waals surface area contributed by atoms with E-state index in [4.69, 9.17) is 0 Å². The second kappa shape index (κ2) is 5.66. The average molecular weight is 287 g/mol. The van der Waals surface area contributed by atoms with Crippen molar-refractivity contribution in [3.8, 4) is 0 Å². The molecule has 1 aromatic rings. The zero-order valence-corrected chi connectivity index (χ0v) is 11.6. The van der Waals surface area contributed by atoms with Gasteiger partial charge in [-0.3, -0.25) is 4.79 Å². The highest BCUT2D eigenvalue weighted by Crippen LogP contribution is 2.11. The second-order valence-corrected chi connectivity index (χ2v) is 6.45. The zero-order valence-electron chi connectivity index (χ0n) is 10.7. The van der Waals surface area contributed by atoms with E-state index < -0.39 is 10.0 Å². The molecule has 0 bridgehead atoms. The lowest BCUT2D eigenvalue weighted by molar-refractivity contribution is 0.0692. The van der Waals surface area contributed by atoms with Crippen LogP contribution in [0.3, 0.4) is 0 Å². The van der Waals surface area contributed by atoms with Crippen LogP contribution in [0.5, 0.6) is 0 Å². The molecule has 8 nitrogen and oxygen atoms in total. The predicted octanol–water partition coefficient (Wildman–Crippen LogP) is -0.698. The van der Waals surface area contributed by atoms with Crippen molar-refractivity contribution in [3.63, 3.8) is 0 Å². The van der Waals surface area contributed by atoms with E-state index in [1.807, 2.05) is 6.92 Å². The molecular formula is C10H17N5O3S. The predicted molar refractivity (Wildman–Crippen MR) is 67.9 cm³/mol. The standard InChI is InChI=1S/C10H17N5O3S/c1-2-7-19(17,18)15-5-3-14(4-6-15)10(16)9-8-11-13-12-9/h8H,2-7H2,1H3,(H,11,12,13). The summed E-state index contributed by atoms with van der Waals surface area (Å²) in [5.41, 5.74) is 0.255. The number of hydrogen-bond acceptors (Lipinski definition) is 5. The number of amides is 1. The minimum Gasteiger partial charge on any atom is -0.335 e. The van der Waals surface area contributed by atoms with Gasteiger partial charge in [-0.05, 0) is 6.42 Å². The van der Waals surface area contributed by atoms with Crippen molar-refractivity contribution >= 4 is 15.9 Å². The van der Waals surface area contributed by atoms with Crippen LogP contribution >= 0.6 is 0 Å². The highest BCUT2D eigenvalue weighted by atomic mass is 32.2. The fourth-order valence-electron chi connectivity index (χ4n) is 2.02. The first-order chi connectivity index (χ1) is 9.04. The number of carbonyl (C=O) groups is 1. The van der Waals surface area contributed by atoms with E-state index in [0.29, 0.717) is 32.6 Å². The van der Waals surface area contributed by atoms with E-state index in [-0.39, 0.29) is 17.4 Å². The molecule has 2 heterocycles. The number of aromatic amines is 1. The third kappa shape index (κ3) is 3.10. The van der Waals surface area contributed by atoms with Crippen molar-refractivity contribution in [2.45, 2.75) is 13.3 Å². The monoisotopic (exact) mass is 287 g/mol. The molecule has 0 atom stereocenters. The van der Waals surface area contributed by atoms with Crippen LogP contribution < -0.4 is 0 Å². The maximum Gasteiger partial charge on any atom is 0.276 e. The van der Waals surface area contributed by atoms with Crippen LogP contribution in [0.4, 0.5) is 0 Å². The lowest BCUT2D eigenvalue weighted by Gasteiger charge is -2.33. The van der Waals surface area contributed by atoms with Gasteiger partial charge in [0.2, 0.25) is 10.0 Å². The minimum absolute atomic E-state index is 0.157. The van der Waals surface area contributed by atoms with Gasteiger partial charge >= 0.3 is 0 Å². The lowest BCUT2D eigenvalue weighted by Crippen LogP contribution is -2.51. The minimum atomic E-state index is -3.18. The Kier molecular flexibility index (Phi) is 4.15. The average Bonchev–Trinajstić information content (AvgIpc) is 2.92. The summed E-state index contributed by atoms with van der Waals surface area (Å²) < 4.78 is 25.2. The molecular weight excluding hydrogens is 270 g/mol. The molecule has 9 heteroatoms. The Morgan fingerprint density at radius 3 is 2.58 bits per heavy atom. The summed E-state index contributed by atoms with van der Waals surface area (Å²) in [6, 6.07) is 0. The number of nitrogens with one attached hydrogen (secondary N) is 1. The molecule has 19 heavy (non-hydrogen) atoms. The molecule has 106 valence electrons. The fraction of sp³-hybridized carbons (Fsp3) is 0.700. The number of sulfonamides is 1. The molecule has 1 aliphatic rings. The molecule has 1 amide bonds. The molecule has 1 aromatic heterocycles. The number of hydrogen-bond donors (Lipinski definition) is 1. The largest absolute Gasteiger partial charge is 0.335 e. The van der Waals surface area contributed by atoms with Crippen molar-refractivity contribution in [1.29, 1.82) is 0 Å². The third-order valence-corrected chi connectivity index (χ3v) is 5.09. The highest BCUT2D eigenvalue weighted by Gasteiger charge is 2.29. The molecule has 0 unspecified atom stereocenters. The number of H-pyrrole nitrogens is 1. The van der Waals surface area contributed by atoms with Gasteiger partial charge in [0.25, 0.3) is 5.91 Å². The van der Waals surface area contributed by atoms with Crippen LogP contribution in [0.15, 0.2) is 6.20 Å². The van der Waals surface area contributed by atoms with Gasteiger partial charge in [0, 0.05) is 26.2 Å². The van der Waals surface area contributed by atoms with Crippen molar-refractivity contribution < 1.29 is 13.2 Å². The van der Waals surface area contributed by atoms with Gasteiger partial charge in [-0.25, -0.2) is 8.42 Å². The molecule has 0 aliphatic carbocycles. The van der Waals surface area contributed by atoms with Crippen LogP contribution in [0, 0.1) is 0 Å². The molecule has 1 fully saturated rings. The SMILES string of the molecule is CCCS(=O)(=O)N1CCN(C(=O)c2cn[nH]n2)CC1. The van der Waals surface area contributed by atoms with Crippen molar-refractivity contribution in [2.24, 2.45) is 0 Å². The summed E-state index contributed by atoms with van der Waals surface area (Å²) in [7, 11) is -3.18. The quantitative estimate of drug-likeness (QED) is 0.789.